The SMILES string of the molecule is Nc1nnc(SN=C2C(=O)NC(=O)NC2=O)s1. The van der Waals surface area contributed by atoms with Crippen molar-refractivity contribution in [3.8, 4) is 0 Å². The molecule has 1 fully saturated rings. The van der Waals surface area contributed by atoms with Gasteiger partial charge in [-0.15, -0.1) is 10.2 Å². The number of aromatic nitrogens is 2. The van der Waals surface area contributed by atoms with Crippen molar-refractivity contribution in [1.82, 2.24) is 20.8 Å². The van der Waals surface area contributed by atoms with E-state index < -0.39 is 23.6 Å². The zero-order valence-electron chi connectivity index (χ0n) is 7.96. The first-order valence-electron chi connectivity index (χ1n) is 4.07. The summed E-state index contributed by atoms with van der Waals surface area (Å²) in [5.41, 5.74) is 4.93. The Balaban J connectivity index is 2.13. The van der Waals surface area contributed by atoms with Gasteiger partial charge in [0.25, 0.3) is 11.8 Å². The van der Waals surface area contributed by atoms with E-state index in [9.17, 15) is 14.4 Å². The summed E-state index contributed by atoms with van der Waals surface area (Å²) in [5.74, 6) is -1.72. The number of barbiturate groups is 1. The van der Waals surface area contributed by atoms with Crippen LogP contribution in [0.3, 0.4) is 0 Å². The number of nitrogens with one attached hydrogen (secondary N) is 2. The molecule has 2 heterocycles. The van der Waals surface area contributed by atoms with Gasteiger partial charge in [0, 0.05) is 11.9 Å². The van der Waals surface area contributed by atoms with Gasteiger partial charge in [0.05, 0.1) is 0 Å². The van der Waals surface area contributed by atoms with E-state index in [1.807, 2.05) is 10.6 Å². The number of imide groups is 2. The number of carbonyl (C=O) groups excluding carboxylic acids is 3. The molecule has 1 aromatic rings. The predicted octanol–water partition coefficient (Wildman–Crippen LogP) is -1.07. The molecule has 4 N–H and O–H groups in total. The molecule has 4 amide bonds. The van der Waals surface area contributed by atoms with Crippen LogP contribution in [0, 0.1) is 0 Å². The average Bonchev–Trinajstić information content (AvgIpc) is 2.62. The number of rotatable bonds is 2. The van der Waals surface area contributed by atoms with Gasteiger partial charge in [0.15, 0.2) is 4.34 Å². The molecule has 0 aromatic carbocycles. The first-order valence-corrected chi connectivity index (χ1v) is 5.66. The van der Waals surface area contributed by atoms with Crippen LogP contribution in [0.1, 0.15) is 0 Å². The highest BCUT2D eigenvalue weighted by atomic mass is 32.2. The van der Waals surface area contributed by atoms with Crippen molar-refractivity contribution in [1.29, 1.82) is 0 Å². The first-order chi connectivity index (χ1) is 8.06. The van der Waals surface area contributed by atoms with E-state index in [1.165, 1.54) is 0 Å². The van der Waals surface area contributed by atoms with Gasteiger partial charge in [-0.3, -0.25) is 20.2 Å². The molecule has 0 spiro atoms. The summed E-state index contributed by atoms with van der Waals surface area (Å²) in [7, 11) is 0. The first kappa shape index (κ1) is 11.5. The molecule has 1 aromatic heterocycles. The van der Waals surface area contributed by atoms with Gasteiger partial charge in [-0.25, -0.2) is 4.79 Å². The molecule has 1 aliphatic heterocycles. The lowest BCUT2D eigenvalue weighted by molar-refractivity contribution is -0.119. The normalized spacial score (nSPS) is 15.5. The minimum absolute atomic E-state index is 0.250. The second-order valence-corrected chi connectivity index (χ2v) is 4.69. The molecule has 0 atom stereocenters. The van der Waals surface area contributed by atoms with Crippen molar-refractivity contribution >= 4 is 52.0 Å². The second-order valence-electron chi connectivity index (χ2n) is 2.67. The molecule has 1 aliphatic rings. The van der Waals surface area contributed by atoms with Gasteiger partial charge >= 0.3 is 6.03 Å². The van der Waals surface area contributed by atoms with Crippen LogP contribution in [0.2, 0.25) is 0 Å². The molecule has 1 saturated heterocycles. The van der Waals surface area contributed by atoms with Crippen molar-refractivity contribution in [3.63, 3.8) is 0 Å². The van der Waals surface area contributed by atoms with Gasteiger partial charge < -0.3 is 5.73 Å². The maximum absolute atomic E-state index is 11.2. The maximum Gasteiger partial charge on any atom is 0.328 e. The number of amides is 4. The number of carbonyl (C=O) groups is 3. The molecule has 17 heavy (non-hydrogen) atoms. The Bertz CT molecular complexity index is 516. The van der Waals surface area contributed by atoms with Gasteiger partial charge in [-0.1, -0.05) is 11.3 Å². The van der Waals surface area contributed by atoms with Crippen LogP contribution in [0.4, 0.5) is 9.93 Å². The van der Waals surface area contributed by atoms with Crippen molar-refractivity contribution in [2.45, 2.75) is 4.34 Å². The van der Waals surface area contributed by atoms with Crippen LogP contribution < -0.4 is 16.4 Å². The summed E-state index contributed by atoms with van der Waals surface area (Å²) in [5, 5.41) is 11.2. The summed E-state index contributed by atoms with van der Waals surface area (Å²) >= 11 is 1.84. The number of hydrogen-bond donors (Lipinski definition) is 3. The van der Waals surface area contributed by atoms with Crippen molar-refractivity contribution in [2.75, 3.05) is 5.73 Å². The predicted molar refractivity (Wildman–Crippen MR) is 59.3 cm³/mol. The van der Waals surface area contributed by atoms with Crippen molar-refractivity contribution < 1.29 is 14.4 Å². The fraction of sp³-hybridized carbons (Fsp3) is 0. The number of nitrogens with two attached hydrogens (primary N) is 1. The lowest BCUT2D eigenvalue weighted by Gasteiger charge is -2.11. The molecular weight excluding hydrogens is 268 g/mol. The molecular formula is C6H4N6O3S2. The Morgan fingerprint density at radius 2 is 1.82 bits per heavy atom. The maximum atomic E-state index is 11.2. The Morgan fingerprint density at radius 1 is 1.18 bits per heavy atom. The Kier molecular flexibility index (Phi) is 3.01. The van der Waals surface area contributed by atoms with Crippen LogP contribution in [0.5, 0.6) is 0 Å². The molecule has 0 saturated carbocycles. The molecule has 2 rings (SSSR count). The lowest BCUT2D eigenvalue weighted by atomic mass is 10.3. The summed E-state index contributed by atoms with van der Waals surface area (Å²) in [6.45, 7) is 0. The van der Waals surface area contributed by atoms with Crippen LogP contribution in [-0.4, -0.2) is 33.8 Å². The number of anilines is 1. The number of hydrogen-bond acceptors (Lipinski definition) is 9. The molecule has 9 nitrogen and oxygen atoms in total. The van der Waals surface area contributed by atoms with E-state index in [0.29, 0.717) is 4.34 Å². The van der Waals surface area contributed by atoms with Gasteiger partial charge in [0.2, 0.25) is 10.8 Å². The highest BCUT2D eigenvalue weighted by molar-refractivity contribution is 8.00. The molecule has 11 heteroatoms. The molecule has 0 radical (unpaired) electrons. The quantitative estimate of drug-likeness (QED) is 0.582. The highest BCUT2D eigenvalue weighted by Crippen LogP contribution is 2.24. The van der Waals surface area contributed by atoms with Crippen LogP contribution in [0.25, 0.3) is 0 Å². The lowest BCUT2D eigenvalue weighted by Crippen LogP contribution is -2.56. The average molecular weight is 272 g/mol. The van der Waals surface area contributed by atoms with E-state index >= 15 is 0 Å². The van der Waals surface area contributed by atoms with E-state index in [0.717, 1.165) is 23.3 Å². The van der Waals surface area contributed by atoms with E-state index in [1.54, 1.807) is 0 Å². The molecule has 0 aliphatic carbocycles. The number of urea groups is 1. The van der Waals surface area contributed by atoms with Gasteiger partial charge in [-0.05, 0) is 0 Å². The summed E-state index contributed by atoms with van der Waals surface area (Å²) in [6.07, 6.45) is 0. The van der Waals surface area contributed by atoms with Crippen LogP contribution in [-0.2, 0) is 9.59 Å². The molecule has 88 valence electrons. The number of nitrogen functional groups attached to an aromatic ring is 1. The van der Waals surface area contributed by atoms with Crippen molar-refractivity contribution in [2.24, 2.45) is 4.40 Å². The highest BCUT2D eigenvalue weighted by Gasteiger charge is 2.29. The second kappa shape index (κ2) is 4.47. The Hall–Kier alpha value is -2.01. The summed E-state index contributed by atoms with van der Waals surface area (Å²) < 4.78 is 4.05. The summed E-state index contributed by atoms with van der Waals surface area (Å²) in [4.78, 5) is 33.2. The zero-order valence-corrected chi connectivity index (χ0v) is 9.59. The smallest absolute Gasteiger partial charge is 0.328 e. The van der Waals surface area contributed by atoms with Gasteiger partial charge in [-0.2, -0.15) is 4.40 Å². The van der Waals surface area contributed by atoms with E-state index in [2.05, 4.69) is 14.6 Å². The third kappa shape index (κ3) is 2.57. The van der Waals surface area contributed by atoms with Crippen LogP contribution in [0.15, 0.2) is 8.74 Å². The third-order valence-electron chi connectivity index (χ3n) is 1.52. The molecule has 0 unspecified atom stereocenters. The Labute approximate surface area is 102 Å². The minimum Gasteiger partial charge on any atom is -0.374 e. The van der Waals surface area contributed by atoms with Gasteiger partial charge in [0.1, 0.15) is 0 Å². The third-order valence-corrected chi connectivity index (χ3v) is 3.05. The summed E-state index contributed by atoms with van der Waals surface area (Å²) in [6, 6.07) is -0.871. The van der Waals surface area contributed by atoms with E-state index in [4.69, 9.17) is 5.73 Å². The standard InChI is InChI=1S/C6H4N6O3S2/c7-4-10-11-6(16-4)17-12-1-2(13)8-5(15)9-3(1)14/h(H2,7,10)(H2,8,9,13,14,15). The minimum atomic E-state index is -0.871. The van der Waals surface area contributed by atoms with E-state index in [-0.39, 0.29) is 5.13 Å². The largest absolute Gasteiger partial charge is 0.374 e. The number of nitrogens with zero attached hydrogens (tertiary/aromatic N) is 3. The Morgan fingerprint density at radius 3 is 2.35 bits per heavy atom. The zero-order chi connectivity index (χ0) is 12.4. The fourth-order valence-corrected chi connectivity index (χ4v) is 2.16. The topological polar surface area (TPSA) is 139 Å². The molecule has 0 bridgehead atoms. The monoisotopic (exact) mass is 272 g/mol. The van der Waals surface area contributed by atoms with Crippen LogP contribution >= 0.6 is 23.3 Å². The van der Waals surface area contributed by atoms with Crippen molar-refractivity contribution in [3.05, 3.63) is 0 Å². The fourth-order valence-electron chi connectivity index (χ4n) is 0.884.